The number of benzene rings is 2. The average molecular weight is 278 g/mol. The lowest BCUT2D eigenvalue weighted by atomic mass is 10.1. The first-order chi connectivity index (χ1) is 10.3. The monoisotopic (exact) mass is 278 g/mol. The second-order valence-corrected chi connectivity index (χ2v) is 5.08. The number of hydrogen-bond donors (Lipinski definition) is 3. The van der Waals surface area contributed by atoms with E-state index in [0.717, 1.165) is 28.2 Å². The molecule has 5 nitrogen and oxygen atoms in total. The number of rotatable bonds is 2. The van der Waals surface area contributed by atoms with E-state index in [1.165, 1.54) is 0 Å². The lowest BCUT2D eigenvalue weighted by molar-refractivity contribution is -0.115. The van der Waals surface area contributed by atoms with Crippen LogP contribution in [0.5, 0.6) is 0 Å². The molecule has 0 atom stereocenters. The summed E-state index contributed by atoms with van der Waals surface area (Å²) in [6.07, 6.45) is 2.45. The summed E-state index contributed by atoms with van der Waals surface area (Å²) >= 11 is 0. The maximum atomic E-state index is 11.4. The van der Waals surface area contributed by atoms with Gasteiger partial charge in [-0.1, -0.05) is 24.3 Å². The Hall–Kier alpha value is -2.79. The number of hydrogen-bond acceptors (Lipinski definition) is 4. The van der Waals surface area contributed by atoms with Crippen LogP contribution >= 0.6 is 0 Å². The van der Waals surface area contributed by atoms with Crippen LogP contribution in [-0.2, 0) is 11.2 Å². The van der Waals surface area contributed by atoms with Crippen LogP contribution in [-0.4, -0.2) is 5.91 Å². The molecule has 0 fully saturated rings. The van der Waals surface area contributed by atoms with Gasteiger partial charge in [0, 0.05) is 17.5 Å². The first kappa shape index (κ1) is 12.0. The van der Waals surface area contributed by atoms with Crippen molar-refractivity contribution in [3.05, 3.63) is 65.9 Å². The van der Waals surface area contributed by atoms with Crippen molar-refractivity contribution in [2.24, 2.45) is 0 Å². The lowest BCUT2D eigenvalue weighted by Crippen LogP contribution is -2.36. The molecule has 4 rings (SSSR count). The maximum absolute atomic E-state index is 11.4. The number of hydrazine groups is 2. The van der Waals surface area contributed by atoms with Gasteiger partial charge in [0.1, 0.15) is 0 Å². The van der Waals surface area contributed by atoms with Crippen molar-refractivity contribution in [1.82, 2.24) is 11.0 Å². The van der Waals surface area contributed by atoms with Crippen LogP contribution < -0.4 is 21.3 Å². The van der Waals surface area contributed by atoms with E-state index >= 15 is 0 Å². The molecule has 0 bridgehead atoms. The van der Waals surface area contributed by atoms with E-state index in [2.05, 4.69) is 16.3 Å². The number of amides is 1. The summed E-state index contributed by atoms with van der Waals surface area (Å²) in [5.74, 6) is 0.0551. The molecule has 0 saturated carbocycles. The summed E-state index contributed by atoms with van der Waals surface area (Å²) < 4.78 is 0. The molecule has 0 aliphatic carbocycles. The van der Waals surface area contributed by atoms with Crippen molar-refractivity contribution < 1.29 is 4.79 Å². The molecule has 3 N–H and O–H groups in total. The molecule has 0 spiro atoms. The van der Waals surface area contributed by atoms with E-state index in [0.29, 0.717) is 6.42 Å². The van der Waals surface area contributed by atoms with Crippen molar-refractivity contribution in [3.63, 3.8) is 0 Å². The highest BCUT2D eigenvalue weighted by molar-refractivity contribution is 5.99. The van der Waals surface area contributed by atoms with Crippen molar-refractivity contribution >= 4 is 23.0 Å². The van der Waals surface area contributed by atoms with Crippen molar-refractivity contribution in [1.29, 1.82) is 0 Å². The Morgan fingerprint density at radius 1 is 1.05 bits per heavy atom. The van der Waals surface area contributed by atoms with Crippen molar-refractivity contribution in [2.75, 3.05) is 10.3 Å². The average Bonchev–Trinajstić information content (AvgIpc) is 3.12. The van der Waals surface area contributed by atoms with Crippen LogP contribution in [0.25, 0.3) is 5.70 Å². The van der Waals surface area contributed by atoms with Gasteiger partial charge in [-0.05, 0) is 29.8 Å². The summed E-state index contributed by atoms with van der Waals surface area (Å²) in [5, 5.41) is 4.77. The minimum Gasteiger partial charge on any atom is -0.326 e. The summed E-state index contributed by atoms with van der Waals surface area (Å²) in [4.78, 5) is 11.4. The highest BCUT2D eigenvalue weighted by Crippen LogP contribution is 2.27. The topological polar surface area (TPSA) is 56.4 Å². The van der Waals surface area contributed by atoms with E-state index in [9.17, 15) is 4.79 Å². The van der Waals surface area contributed by atoms with Crippen molar-refractivity contribution in [2.45, 2.75) is 6.42 Å². The van der Waals surface area contributed by atoms with Gasteiger partial charge in [0.05, 0.1) is 17.8 Å². The molecule has 0 aromatic heterocycles. The lowest BCUT2D eigenvalue weighted by Gasteiger charge is -2.14. The fourth-order valence-corrected chi connectivity index (χ4v) is 2.59. The molecule has 2 aliphatic rings. The third kappa shape index (κ3) is 2.13. The van der Waals surface area contributed by atoms with Gasteiger partial charge in [-0.25, -0.2) is 0 Å². The first-order valence-electron chi connectivity index (χ1n) is 6.80. The Labute approximate surface area is 122 Å². The second kappa shape index (κ2) is 4.64. The van der Waals surface area contributed by atoms with Crippen LogP contribution in [0.4, 0.5) is 11.4 Å². The van der Waals surface area contributed by atoms with Crippen LogP contribution in [0.3, 0.4) is 0 Å². The minimum absolute atomic E-state index is 0.0551. The molecule has 21 heavy (non-hydrogen) atoms. The Morgan fingerprint density at radius 3 is 2.76 bits per heavy atom. The molecular weight excluding hydrogens is 264 g/mol. The van der Waals surface area contributed by atoms with Gasteiger partial charge in [-0.15, -0.1) is 5.53 Å². The van der Waals surface area contributed by atoms with Gasteiger partial charge in [-0.2, -0.15) is 0 Å². The van der Waals surface area contributed by atoms with E-state index in [1.54, 1.807) is 0 Å². The Kier molecular flexibility index (Phi) is 2.65. The second-order valence-electron chi connectivity index (χ2n) is 5.08. The first-order valence-corrected chi connectivity index (χ1v) is 6.80. The summed E-state index contributed by atoms with van der Waals surface area (Å²) in [6, 6.07) is 16.0. The van der Waals surface area contributed by atoms with Gasteiger partial charge >= 0.3 is 0 Å². The SMILES string of the molecule is O=C1Cc2cc(C3=CN(c4ccccc4)NN3)ccc2N1. The molecule has 1 amide bonds. The molecular formula is C16H14N4O. The van der Waals surface area contributed by atoms with Gasteiger partial charge in [0.15, 0.2) is 0 Å². The Balaban J connectivity index is 1.63. The Bertz CT molecular complexity index is 739. The fraction of sp³-hybridized carbons (Fsp3) is 0.0625. The zero-order valence-electron chi connectivity index (χ0n) is 11.3. The van der Waals surface area contributed by atoms with E-state index < -0.39 is 0 Å². The zero-order chi connectivity index (χ0) is 14.2. The third-order valence-corrected chi connectivity index (χ3v) is 3.64. The number of carbonyl (C=O) groups excluding carboxylic acids is 1. The summed E-state index contributed by atoms with van der Waals surface area (Å²) in [6.45, 7) is 0. The highest BCUT2D eigenvalue weighted by atomic mass is 16.1. The van der Waals surface area contributed by atoms with Gasteiger partial charge in [0.25, 0.3) is 0 Å². The van der Waals surface area contributed by atoms with Gasteiger partial charge in [0.2, 0.25) is 5.91 Å². The number of nitrogens with zero attached hydrogens (tertiary/aromatic N) is 1. The van der Waals surface area contributed by atoms with Crippen LogP contribution in [0.2, 0.25) is 0 Å². The van der Waals surface area contributed by atoms with E-state index in [-0.39, 0.29) is 5.91 Å². The van der Waals surface area contributed by atoms with Gasteiger partial charge < -0.3 is 10.7 Å². The molecule has 0 radical (unpaired) electrons. The van der Waals surface area contributed by atoms with Crippen LogP contribution in [0.15, 0.2) is 54.7 Å². The summed E-state index contributed by atoms with van der Waals surface area (Å²) in [5.41, 5.74) is 11.3. The smallest absolute Gasteiger partial charge is 0.228 e. The molecule has 2 aliphatic heterocycles. The largest absolute Gasteiger partial charge is 0.326 e. The molecule has 0 saturated heterocycles. The molecule has 2 aromatic rings. The normalized spacial score (nSPS) is 16.3. The fourth-order valence-electron chi connectivity index (χ4n) is 2.59. The molecule has 5 heteroatoms. The highest BCUT2D eigenvalue weighted by Gasteiger charge is 2.20. The number of fused-ring (bicyclic) bond motifs is 1. The molecule has 2 aromatic carbocycles. The predicted octanol–water partition coefficient (Wildman–Crippen LogP) is 2.01. The van der Waals surface area contributed by atoms with Crippen molar-refractivity contribution in [3.8, 4) is 0 Å². The van der Waals surface area contributed by atoms with E-state index in [1.807, 2.05) is 59.7 Å². The minimum atomic E-state index is 0.0551. The Morgan fingerprint density at radius 2 is 1.90 bits per heavy atom. The van der Waals surface area contributed by atoms with Gasteiger partial charge in [-0.3, -0.25) is 9.80 Å². The van der Waals surface area contributed by atoms with Crippen LogP contribution in [0, 0.1) is 0 Å². The molecule has 0 unspecified atom stereocenters. The molecule has 2 heterocycles. The zero-order valence-corrected chi connectivity index (χ0v) is 11.3. The molecule has 104 valence electrons. The third-order valence-electron chi connectivity index (χ3n) is 3.64. The number of nitrogens with one attached hydrogen (secondary N) is 3. The quantitative estimate of drug-likeness (QED) is 0.786. The number of para-hydroxylation sites is 1. The standard InChI is InChI=1S/C16H14N4O/c21-16-9-12-8-11(6-7-14(12)17-16)15-10-20(19-18-15)13-4-2-1-3-5-13/h1-8,10,18-19H,9H2,(H,17,21). The number of carbonyl (C=O) groups is 1. The van der Waals surface area contributed by atoms with E-state index in [4.69, 9.17) is 0 Å². The summed E-state index contributed by atoms with van der Waals surface area (Å²) in [7, 11) is 0. The van der Waals surface area contributed by atoms with Crippen LogP contribution in [0.1, 0.15) is 11.1 Å². The number of anilines is 2. The maximum Gasteiger partial charge on any atom is 0.228 e. The predicted molar refractivity (Wildman–Crippen MR) is 81.9 cm³/mol.